The van der Waals surface area contributed by atoms with Gasteiger partial charge in [-0.3, -0.25) is 16.3 Å². The van der Waals surface area contributed by atoms with E-state index in [9.17, 15) is 19.1 Å². The Morgan fingerprint density at radius 3 is 2.70 bits per heavy atom. The van der Waals surface area contributed by atoms with Gasteiger partial charge in [0.1, 0.15) is 6.04 Å². The number of hydrogen-bond acceptors (Lipinski definition) is 6. The van der Waals surface area contributed by atoms with Crippen LogP contribution in [0, 0.1) is 5.82 Å². The van der Waals surface area contributed by atoms with E-state index in [0.29, 0.717) is 13.0 Å². The van der Waals surface area contributed by atoms with Gasteiger partial charge in [-0.1, -0.05) is 15.9 Å². The van der Waals surface area contributed by atoms with Crippen molar-refractivity contribution in [2.24, 2.45) is 11.5 Å². The lowest BCUT2D eigenvalue weighted by Crippen LogP contribution is -2.37. The molecule has 2 saturated heterocycles. The number of phenols is 1. The summed E-state index contributed by atoms with van der Waals surface area (Å²) < 4.78 is 19.1. The van der Waals surface area contributed by atoms with Crippen molar-refractivity contribution in [1.82, 2.24) is 4.90 Å². The molecule has 5 N–H and O–H groups in total. The number of anilines is 1. The number of aromatic hydroxyl groups is 1. The van der Waals surface area contributed by atoms with Crippen LogP contribution in [0.15, 0.2) is 12.1 Å². The van der Waals surface area contributed by atoms with E-state index in [1.165, 1.54) is 4.90 Å². The lowest BCUT2D eigenvalue weighted by Gasteiger charge is -2.19. The van der Waals surface area contributed by atoms with Crippen LogP contribution in [0.25, 0.3) is 0 Å². The molecule has 1 aromatic rings. The average molecular weight is 389 g/mol. The number of urea groups is 1. The lowest BCUT2D eigenvalue weighted by atomic mass is 10.2. The summed E-state index contributed by atoms with van der Waals surface area (Å²) in [5.74, 6) is -2.21. The highest BCUT2D eigenvalue weighted by atomic mass is 79.9. The molecule has 0 bridgehead atoms. The van der Waals surface area contributed by atoms with Crippen LogP contribution in [-0.2, 0) is 4.79 Å². The molecule has 2 aliphatic heterocycles. The minimum Gasteiger partial charge on any atom is -0.504 e. The zero-order valence-electron chi connectivity index (χ0n) is 11.8. The minimum absolute atomic E-state index is 0.0290. The van der Waals surface area contributed by atoms with Gasteiger partial charge in [0.05, 0.1) is 5.69 Å². The van der Waals surface area contributed by atoms with Crippen LogP contribution in [0.4, 0.5) is 14.9 Å². The molecule has 2 heterocycles. The molecule has 124 valence electrons. The van der Waals surface area contributed by atoms with Gasteiger partial charge in [-0.25, -0.2) is 14.1 Å². The number of nitrogens with zero attached hydrogens (tertiary/aromatic N) is 2. The minimum atomic E-state index is -1.25. The summed E-state index contributed by atoms with van der Waals surface area (Å²) in [6.07, 6.45) is -0.792. The molecular weight excluding hydrogens is 375 g/mol. The summed E-state index contributed by atoms with van der Waals surface area (Å²) in [5, 5.41) is 9.65. The fourth-order valence-electron chi connectivity index (χ4n) is 2.77. The number of ether oxygens (including phenoxy) is 1. The highest BCUT2D eigenvalue weighted by Crippen LogP contribution is 2.39. The SMILES string of the molecule is NC(N)Oc1cc(N2C(=O)[C@H]3C[C@H](Br)CN3C2=O)c(F)cc1O. The van der Waals surface area contributed by atoms with Crippen molar-refractivity contribution in [1.29, 1.82) is 0 Å². The van der Waals surface area contributed by atoms with Gasteiger partial charge < -0.3 is 14.7 Å². The van der Waals surface area contributed by atoms with Gasteiger partial charge in [0.15, 0.2) is 17.3 Å². The van der Waals surface area contributed by atoms with Crippen LogP contribution in [-0.4, -0.2) is 45.7 Å². The van der Waals surface area contributed by atoms with Gasteiger partial charge in [-0.05, 0) is 6.42 Å². The normalized spacial score (nSPS) is 23.9. The number of phenolic OH excluding ortho intramolecular Hbond substituents is 1. The van der Waals surface area contributed by atoms with Crippen molar-refractivity contribution < 1.29 is 23.8 Å². The number of carbonyl (C=O) groups excluding carboxylic acids is 2. The average Bonchev–Trinajstić information content (AvgIpc) is 2.93. The molecule has 2 fully saturated rings. The van der Waals surface area contributed by atoms with E-state index in [-0.39, 0.29) is 16.3 Å². The van der Waals surface area contributed by atoms with Crippen LogP contribution in [0.3, 0.4) is 0 Å². The molecule has 2 atom stereocenters. The van der Waals surface area contributed by atoms with Crippen molar-refractivity contribution in [2.75, 3.05) is 11.4 Å². The Morgan fingerprint density at radius 2 is 2.09 bits per heavy atom. The van der Waals surface area contributed by atoms with Gasteiger partial charge in [-0.15, -0.1) is 0 Å². The van der Waals surface area contributed by atoms with Crippen LogP contribution < -0.4 is 21.1 Å². The molecule has 3 amide bonds. The van der Waals surface area contributed by atoms with E-state index in [2.05, 4.69) is 15.9 Å². The number of carbonyl (C=O) groups is 2. The summed E-state index contributed by atoms with van der Waals surface area (Å²) >= 11 is 3.37. The summed E-state index contributed by atoms with van der Waals surface area (Å²) in [7, 11) is 0. The predicted octanol–water partition coefficient (Wildman–Crippen LogP) is 0.415. The lowest BCUT2D eigenvalue weighted by molar-refractivity contribution is -0.119. The number of benzene rings is 1. The van der Waals surface area contributed by atoms with Crippen molar-refractivity contribution in [3.05, 3.63) is 17.9 Å². The fraction of sp³-hybridized carbons (Fsp3) is 0.385. The molecule has 8 nitrogen and oxygen atoms in total. The molecular formula is C13H14BrFN4O4. The standard InChI is InChI=1S/C13H14BrFN4O4/c14-5-1-8-11(21)19(13(22)18(8)4-5)7-3-10(23-12(16)17)9(20)2-6(7)15/h2-3,5,8,12,20H,1,4,16-17H2/t5-,8+/m0/s1. The number of rotatable bonds is 3. The number of alkyl halides is 1. The van der Waals surface area contributed by atoms with Crippen molar-refractivity contribution in [3.63, 3.8) is 0 Å². The van der Waals surface area contributed by atoms with Gasteiger partial charge in [0.2, 0.25) is 6.35 Å². The third-order valence-electron chi connectivity index (χ3n) is 3.72. The number of imide groups is 1. The first-order valence-electron chi connectivity index (χ1n) is 6.78. The number of halogens is 2. The zero-order valence-corrected chi connectivity index (χ0v) is 13.4. The molecule has 0 aromatic heterocycles. The Balaban J connectivity index is 1.99. The second-order valence-electron chi connectivity index (χ2n) is 5.31. The molecule has 0 spiro atoms. The summed E-state index contributed by atoms with van der Waals surface area (Å²) in [4.78, 5) is 27.0. The Morgan fingerprint density at radius 1 is 1.39 bits per heavy atom. The van der Waals surface area contributed by atoms with Crippen LogP contribution in [0.5, 0.6) is 11.5 Å². The summed E-state index contributed by atoms with van der Waals surface area (Å²) in [6, 6.07) is 0.529. The first-order valence-corrected chi connectivity index (χ1v) is 7.70. The molecule has 0 aliphatic carbocycles. The van der Waals surface area contributed by atoms with Crippen LogP contribution in [0.2, 0.25) is 0 Å². The first kappa shape index (κ1) is 16.0. The summed E-state index contributed by atoms with van der Waals surface area (Å²) in [6.45, 7) is 0.364. The van der Waals surface area contributed by atoms with Gasteiger partial charge in [-0.2, -0.15) is 0 Å². The topological polar surface area (TPSA) is 122 Å². The van der Waals surface area contributed by atoms with Crippen LogP contribution in [0.1, 0.15) is 6.42 Å². The Labute approximate surface area is 138 Å². The van der Waals surface area contributed by atoms with E-state index in [0.717, 1.165) is 17.0 Å². The zero-order chi connectivity index (χ0) is 16.9. The maximum Gasteiger partial charge on any atom is 0.332 e. The fourth-order valence-corrected chi connectivity index (χ4v) is 3.43. The Bertz CT molecular complexity index is 662. The highest BCUT2D eigenvalue weighted by molar-refractivity contribution is 9.09. The third-order valence-corrected chi connectivity index (χ3v) is 4.39. The van der Waals surface area contributed by atoms with E-state index in [1.807, 2.05) is 0 Å². The smallest absolute Gasteiger partial charge is 0.332 e. The van der Waals surface area contributed by atoms with Crippen molar-refractivity contribution >= 4 is 33.6 Å². The van der Waals surface area contributed by atoms with E-state index < -0.39 is 35.9 Å². The molecule has 1 aromatic carbocycles. The largest absolute Gasteiger partial charge is 0.504 e. The first-order chi connectivity index (χ1) is 10.8. The Hall–Kier alpha value is -1.91. The number of amides is 3. The van der Waals surface area contributed by atoms with Crippen molar-refractivity contribution in [2.45, 2.75) is 23.6 Å². The molecule has 0 radical (unpaired) electrons. The maximum atomic E-state index is 14.2. The molecule has 23 heavy (non-hydrogen) atoms. The van der Waals surface area contributed by atoms with E-state index in [4.69, 9.17) is 16.2 Å². The Kier molecular flexibility index (Phi) is 3.90. The number of fused-ring (bicyclic) bond motifs is 1. The highest BCUT2D eigenvalue weighted by Gasteiger charge is 2.51. The second-order valence-corrected chi connectivity index (χ2v) is 6.61. The summed E-state index contributed by atoms with van der Waals surface area (Å²) in [5.41, 5.74) is 10.2. The van der Waals surface area contributed by atoms with Gasteiger partial charge in [0.25, 0.3) is 5.91 Å². The second kappa shape index (κ2) is 5.62. The van der Waals surface area contributed by atoms with E-state index in [1.54, 1.807) is 0 Å². The quantitative estimate of drug-likeness (QED) is 0.391. The number of nitrogens with two attached hydrogens (primary N) is 2. The molecule has 0 unspecified atom stereocenters. The molecule has 3 rings (SSSR count). The number of hydrogen-bond donors (Lipinski definition) is 3. The molecule has 10 heteroatoms. The maximum absolute atomic E-state index is 14.2. The van der Waals surface area contributed by atoms with E-state index >= 15 is 0 Å². The van der Waals surface area contributed by atoms with Crippen molar-refractivity contribution in [3.8, 4) is 11.5 Å². The monoisotopic (exact) mass is 388 g/mol. The third kappa shape index (κ3) is 2.62. The predicted molar refractivity (Wildman–Crippen MR) is 81.6 cm³/mol. The van der Waals surface area contributed by atoms with Gasteiger partial charge in [0, 0.05) is 23.5 Å². The van der Waals surface area contributed by atoms with Gasteiger partial charge >= 0.3 is 6.03 Å². The molecule has 0 saturated carbocycles. The molecule has 2 aliphatic rings. The van der Waals surface area contributed by atoms with Crippen LogP contribution >= 0.6 is 15.9 Å².